The van der Waals surface area contributed by atoms with Gasteiger partial charge in [0.05, 0.1) is 19.9 Å². The molecule has 11 nitrogen and oxygen atoms in total. The number of amides is 1. The average Bonchev–Trinajstić information content (AvgIpc) is 3.35. The summed E-state index contributed by atoms with van der Waals surface area (Å²) in [7, 11) is 4.99. The highest BCUT2D eigenvalue weighted by Crippen LogP contribution is 2.33. The van der Waals surface area contributed by atoms with Crippen molar-refractivity contribution in [3.63, 3.8) is 0 Å². The lowest BCUT2D eigenvalue weighted by molar-refractivity contribution is 0.0735. The summed E-state index contributed by atoms with van der Waals surface area (Å²) in [6, 6.07) is 15.0. The van der Waals surface area contributed by atoms with Gasteiger partial charge in [-0.15, -0.1) is 10.2 Å². The van der Waals surface area contributed by atoms with Crippen LogP contribution in [0.3, 0.4) is 0 Å². The van der Waals surface area contributed by atoms with Crippen LogP contribution >= 0.6 is 0 Å². The van der Waals surface area contributed by atoms with Gasteiger partial charge in [0.2, 0.25) is 0 Å². The van der Waals surface area contributed by atoms with Crippen molar-refractivity contribution in [2.75, 3.05) is 50.6 Å². The smallest absolute Gasteiger partial charge is 0.272 e. The Kier molecular flexibility index (Phi) is 7.07. The van der Waals surface area contributed by atoms with Crippen molar-refractivity contribution in [1.82, 2.24) is 29.9 Å². The molecule has 1 aromatic carbocycles. The summed E-state index contributed by atoms with van der Waals surface area (Å²) in [5.41, 5.74) is 3.02. The van der Waals surface area contributed by atoms with Crippen LogP contribution in [0.2, 0.25) is 0 Å². The van der Waals surface area contributed by atoms with Gasteiger partial charge in [0, 0.05) is 45.0 Å². The number of methoxy groups -OCH3 is 2. The van der Waals surface area contributed by atoms with Gasteiger partial charge in [-0.3, -0.25) is 9.48 Å². The minimum atomic E-state index is -0.0657. The number of piperazine rings is 1. The Bertz CT molecular complexity index is 1410. The van der Waals surface area contributed by atoms with Crippen LogP contribution in [-0.4, -0.2) is 76.2 Å². The topological polar surface area (TPSA) is 111 Å². The van der Waals surface area contributed by atoms with Gasteiger partial charge in [-0.05, 0) is 55.0 Å². The molecule has 38 heavy (non-hydrogen) atoms. The number of nitrogens with one attached hydrogen (secondary N) is 1. The SMILES string of the molecule is COc1ccc(OC)c(-c2cc(C(=O)N3CCN(c4ccc(Nc5ccc(C)cn5)nn4)CC3)n(C)n2)c1. The van der Waals surface area contributed by atoms with Crippen molar-refractivity contribution >= 4 is 23.4 Å². The van der Waals surface area contributed by atoms with Gasteiger partial charge < -0.3 is 24.6 Å². The number of carbonyl (C=O) groups is 1. The van der Waals surface area contributed by atoms with Gasteiger partial charge in [-0.25, -0.2) is 4.98 Å². The van der Waals surface area contributed by atoms with Crippen LogP contribution in [-0.2, 0) is 7.05 Å². The minimum Gasteiger partial charge on any atom is -0.497 e. The predicted octanol–water partition coefficient (Wildman–Crippen LogP) is 3.30. The molecule has 5 rings (SSSR count). The summed E-state index contributed by atoms with van der Waals surface area (Å²) >= 11 is 0. The standard InChI is InChI=1S/C27H30N8O3/c1-18-5-8-24(28-17-18)29-25-9-10-26(31-30-25)34-11-13-35(14-12-34)27(36)22-16-21(32-33(22)2)20-15-19(37-3)6-7-23(20)38-4/h5-10,15-17H,11-14H2,1-4H3,(H,28,29,30). The Morgan fingerprint density at radius 3 is 2.37 bits per heavy atom. The van der Waals surface area contributed by atoms with E-state index >= 15 is 0 Å². The molecule has 1 fully saturated rings. The first-order chi connectivity index (χ1) is 18.4. The molecule has 3 aromatic heterocycles. The maximum atomic E-state index is 13.4. The van der Waals surface area contributed by atoms with Gasteiger partial charge in [0.15, 0.2) is 11.6 Å². The summed E-state index contributed by atoms with van der Waals surface area (Å²) in [5, 5.41) is 16.4. The fraction of sp³-hybridized carbons (Fsp3) is 0.296. The number of anilines is 3. The first-order valence-corrected chi connectivity index (χ1v) is 12.3. The molecule has 0 saturated carbocycles. The Morgan fingerprint density at radius 2 is 1.71 bits per heavy atom. The zero-order chi connectivity index (χ0) is 26.6. The molecule has 4 heterocycles. The number of aryl methyl sites for hydroxylation is 2. The Hall–Kier alpha value is -4.67. The predicted molar refractivity (Wildman–Crippen MR) is 144 cm³/mol. The van der Waals surface area contributed by atoms with Crippen molar-refractivity contribution < 1.29 is 14.3 Å². The summed E-state index contributed by atoms with van der Waals surface area (Å²) in [4.78, 5) is 21.7. The minimum absolute atomic E-state index is 0.0657. The molecule has 4 aromatic rings. The molecule has 0 bridgehead atoms. The van der Waals surface area contributed by atoms with E-state index in [4.69, 9.17) is 9.47 Å². The summed E-state index contributed by atoms with van der Waals surface area (Å²) in [6.45, 7) is 4.43. The van der Waals surface area contributed by atoms with Crippen molar-refractivity contribution in [3.8, 4) is 22.8 Å². The normalized spacial score (nSPS) is 13.4. The van der Waals surface area contributed by atoms with Gasteiger partial charge in [0.25, 0.3) is 5.91 Å². The Labute approximate surface area is 221 Å². The van der Waals surface area contributed by atoms with Crippen molar-refractivity contribution in [2.45, 2.75) is 6.92 Å². The molecule has 1 aliphatic rings. The van der Waals surface area contributed by atoms with E-state index in [9.17, 15) is 4.79 Å². The number of rotatable bonds is 7. The number of nitrogens with zero attached hydrogens (tertiary/aromatic N) is 7. The van der Waals surface area contributed by atoms with E-state index in [1.807, 2.05) is 54.3 Å². The second-order valence-electron chi connectivity index (χ2n) is 9.01. The molecule has 196 valence electrons. The zero-order valence-electron chi connectivity index (χ0n) is 21.9. The highest BCUT2D eigenvalue weighted by Gasteiger charge is 2.26. The highest BCUT2D eigenvalue weighted by atomic mass is 16.5. The van der Waals surface area contributed by atoms with Crippen molar-refractivity contribution in [2.24, 2.45) is 7.05 Å². The molecule has 1 amide bonds. The average molecular weight is 515 g/mol. The third-order valence-electron chi connectivity index (χ3n) is 6.49. The molecule has 0 atom stereocenters. The molecule has 1 saturated heterocycles. The van der Waals surface area contributed by atoms with Gasteiger partial charge >= 0.3 is 0 Å². The van der Waals surface area contributed by atoms with E-state index in [1.54, 1.807) is 38.2 Å². The highest BCUT2D eigenvalue weighted by molar-refractivity contribution is 5.94. The molecule has 1 aliphatic heterocycles. The Morgan fingerprint density at radius 1 is 0.921 bits per heavy atom. The maximum absolute atomic E-state index is 13.4. The van der Waals surface area contributed by atoms with Crippen LogP contribution in [0.15, 0.2) is 54.7 Å². The monoisotopic (exact) mass is 514 g/mol. The lowest BCUT2D eigenvalue weighted by Crippen LogP contribution is -2.49. The van der Waals surface area contributed by atoms with E-state index in [-0.39, 0.29) is 5.91 Å². The van der Waals surface area contributed by atoms with Crippen LogP contribution in [0.4, 0.5) is 17.5 Å². The second kappa shape index (κ2) is 10.8. The molecular formula is C27H30N8O3. The molecule has 0 spiro atoms. The van der Waals surface area contributed by atoms with Crippen LogP contribution < -0.4 is 19.7 Å². The summed E-state index contributed by atoms with van der Waals surface area (Å²) in [6.07, 6.45) is 1.80. The number of benzene rings is 1. The molecule has 11 heteroatoms. The van der Waals surface area contributed by atoms with Gasteiger partial charge in [-0.1, -0.05) is 6.07 Å². The largest absolute Gasteiger partial charge is 0.497 e. The number of ether oxygens (including phenoxy) is 2. The molecular weight excluding hydrogens is 484 g/mol. The zero-order valence-corrected chi connectivity index (χ0v) is 21.9. The fourth-order valence-electron chi connectivity index (χ4n) is 4.35. The van der Waals surface area contributed by atoms with Crippen LogP contribution in [0.25, 0.3) is 11.3 Å². The second-order valence-corrected chi connectivity index (χ2v) is 9.01. The van der Waals surface area contributed by atoms with E-state index in [0.29, 0.717) is 60.7 Å². The molecule has 0 radical (unpaired) electrons. The number of pyridine rings is 1. The van der Waals surface area contributed by atoms with Crippen LogP contribution in [0, 0.1) is 6.92 Å². The molecule has 1 N–H and O–H groups in total. The maximum Gasteiger partial charge on any atom is 0.272 e. The lowest BCUT2D eigenvalue weighted by Gasteiger charge is -2.35. The van der Waals surface area contributed by atoms with E-state index < -0.39 is 0 Å². The number of aromatic nitrogens is 5. The van der Waals surface area contributed by atoms with Crippen LogP contribution in [0.5, 0.6) is 11.5 Å². The number of hydrogen-bond donors (Lipinski definition) is 1. The number of hydrogen-bond acceptors (Lipinski definition) is 9. The first-order valence-electron chi connectivity index (χ1n) is 12.3. The van der Waals surface area contributed by atoms with Crippen molar-refractivity contribution in [3.05, 3.63) is 66.0 Å². The Balaban J connectivity index is 1.23. The van der Waals surface area contributed by atoms with E-state index in [0.717, 1.165) is 16.9 Å². The quantitative estimate of drug-likeness (QED) is 0.397. The van der Waals surface area contributed by atoms with Crippen molar-refractivity contribution in [1.29, 1.82) is 0 Å². The first kappa shape index (κ1) is 25.0. The third kappa shape index (κ3) is 5.22. The van der Waals surface area contributed by atoms with E-state index in [1.165, 1.54) is 0 Å². The molecule has 0 unspecified atom stereocenters. The summed E-state index contributed by atoms with van der Waals surface area (Å²) in [5.74, 6) is 3.39. The molecule has 0 aliphatic carbocycles. The van der Waals surface area contributed by atoms with Gasteiger partial charge in [0.1, 0.15) is 23.0 Å². The van der Waals surface area contributed by atoms with Crippen LogP contribution in [0.1, 0.15) is 16.1 Å². The van der Waals surface area contributed by atoms with E-state index in [2.05, 4.69) is 30.5 Å². The lowest BCUT2D eigenvalue weighted by atomic mass is 10.1. The summed E-state index contributed by atoms with van der Waals surface area (Å²) < 4.78 is 12.5. The number of carbonyl (C=O) groups excluding carboxylic acids is 1. The fourth-order valence-corrected chi connectivity index (χ4v) is 4.35. The van der Waals surface area contributed by atoms with Gasteiger partial charge in [-0.2, -0.15) is 5.10 Å². The third-order valence-corrected chi connectivity index (χ3v) is 6.49.